The average molecular weight is 282 g/mol. The summed E-state index contributed by atoms with van der Waals surface area (Å²) in [5, 5.41) is 8.97. The van der Waals surface area contributed by atoms with Crippen LogP contribution in [0.2, 0.25) is 0 Å². The highest BCUT2D eigenvalue weighted by Crippen LogP contribution is 2.28. The Morgan fingerprint density at radius 2 is 2.18 bits per heavy atom. The molecule has 1 aliphatic rings. The van der Waals surface area contributed by atoms with E-state index in [9.17, 15) is 18.0 Å². The minimum atomic E-state index is -4.16. The standard InChI is InChI=1S/C9H12ClNO5S/c1-2-3-4-6(9(13)14)11-8(12)5-7(10)17(11,15)16/h5-6H,2-4H2,1H3,(H,13,14). The van der Waals surface area contributed by atoms with E-state index >= 15 is 0 Å². The van der Waals surface area contributed by atoms with E-state index in [1.807, 2.05) is 6.92 Å². The molecule has 0 aromatic carbocycles. The molecule has 1 N–H and O–H groups in total. The second-order valence-corrected chi connectivity index (χ2v) is 6.00. The molecule has 0 bridgehead atoms. The molecule has 0 fully saturated rings. The molecule has 96 valence electrons. The zero-order valence-electron chi connectivity index (χ0n) is 9.09. The third kappa shape index (κ3) is 2.61. The Balaban J connectivity index is 3.05. The number of nitrogens with zero attached hydrogens (tertiary/aromatic N) is 1. The second-order valence-electron chi connectivity index (χ2n) is 3.58. The van der Waals surface area contributed by atoms with Gasteiger partial charge in [-0.2, -0.15) is 8.42 Å². The summed E-state index contributed by atoms with van der Waals surface area (Å²) in [6.07, 6.45) is 2.01. The van der Waals surface area contributed by atoms with Crippen LogP contribution in [0.4, 0.5) is 0 Å². The SMILES string of the molecule is CCCCC(C(=O)O)N1C(=O)C=C(Cl)S1(=O)=O. The predicted molar refractivity (Wildman–Crippen MR) is 60.7 cm³/mol. The first-order chi connectivity index (χ1) is 7.82. The molecular weight excluding hydrogens is 270 g/mol. The Hall–Kier alpha value is -1.08. The van der Waals surface area contributed by atoms with Gasteiger partial charge in [0.15, 0.2) is 4.36 Å². The largest absolute Gasteiger partial charge is 0.480 e. The lowest BCUT2D eigenvalue weighted by Crippen LogP contribution is -2.45. The summed E-state index contributed by atoms with van der Waals surface area (Å²) < 4.78 is 23.0. The first-order valence-electron chi connectivity index (χ1n) is 5.00. The maximum atomic E-state index is 11.7. The molecule has 1 aliphatic heterocycles. The Bertz CT molecular complexity index is 470. The lowest BCUT2D eigenvalue weighted by Gasteiger charge is -2.22. The van der Waals surface area contributed by atoms with Gasteiger partial charge in [-0.1, -0.05) is 31.4 Å². The van der Waals surface area contributed by atoms with Gasteiger partial charge in [-0.05, 0) is 6.42 Å². The number of rotatable bonds is 5. The number of sulfonamides is 1. The van der Waals surface area contributed by atoms with Crippen LogP contribution in [0.5, 0.6) is 0 Å². The van der Waals surface area contributed by atoms with Crippen LogP contribution < -0.4 is 0 Å². The third-order valence-corrected chi connectivity index (χ3v) is 4.62. The summed E-state index contributed by atoms with van der Waals surface area (Å²) in [5.74, 6) is -2.26. The third-order valence-electron chi connectivity index (χ3n) is 2.36. The van der Waals surface area contributed by atoms with Crippen molar-refractivity contribution in [1.29, 1.82) is 0 Å². The number of halogens is 1. The van der Waals surface area contributed by atoms with Crippen molar-refractivity contribution < 1.29 is 23.1 Å². The zero-order valence-corrected chi connectivity index (χ0v) is 10.7. The smallest absolute Gasteiger partial charge is 0.327 e. The first kappa shape index (κ1) is 14.0. The van der Waals surface area contributed by atoms with Crippen LogP contribution in [0.25, 0.3) is 0 Å². The molecule has 6 nitrogen and oxygen atoms in total. The molecule has 1 unspecified atom stereocenters. The van der Waals surface area contributed by atoms with Crippen molar-refractivity contribution >= 4 is 33.5 Å². The van der Waals surface area contributed by atoms with Crippen LogP contribution in [-0.2, 0) is 19.6 Å². The Kier molecular flexibility index (Phi) is 4.16. The van der Waals surface area contributed by atoms with Gasteiger partial charge in [-0.15, -0.1) is 0 Å². The number of hydrogen-bond donors (Lipinski definition) is 1. The van der Waals surface area contributed by atoms with Crippen molar-refractivity contribution in [3.8, 4) is 0 Å². The summed E-state index contributed by atoms with van der Waals surface area (Å²) in [6, 6.07) is -1.39. The first-order valence-corrected chi connectivity index (χ1v) is 6.82. The average Bonchev–Trinajstić information content (AvgIpc) is 2.40. The number of carboxylic acid groups (broad SMARTS) is 1. The number of amides is 1. The molecule has 1 amide bonds. The van der Waals surface area contributed by atoms with E-state index in [1.54, 1.807) is 0 Å². The van der Waals surface area contributed by atoms with Gasteiger partial charge in [0.1, 0.15) is 6.04 Å². The summed E-state index contributed by atoms with van der Waals surface area (Å²) in [7, 11) is -4.16. The van der Waals surface area contributed by atoms with Crippen molar-refractivity contribution in [2.24, 2.45) is 0 Å². The maximum Gasteiger partial charge on any atom is 0.327 e. The molecule has 1 heterocycles. The lowest BCUT2D eigenvalue weighted by atomic mass is 10.1. The van der Waals surface area contributed by atoms with Gasteiger partial charge in [0.2, 0.25) is 0 Å². The maximum absolute atomic E-state index is 11.7. The quantitative estimate of drug-likeness (QED) is 0.808. The van der Waals surface area contributed by atoms with Gasteiger partial charge in [-0.3, -0.25) is 4.79 Å². The van der Waals surface area contributed by atoms with E-state index in [2.05, 4.69) is 0 Å². The van der Waals surface area contributed by atoms with Crippen LogP contribution in [0, 0.1) is 0 Å². The number of hydrogen-bond acceptors (Lipinski definition) is 4. The highest BCUT2D eigenvalue weighted by atomic mass is 35.5. The lowest BCUT2D eigenvalue weighted by molar-refractivity contribution is -0.145. The van der Waals surface area contributed by atoms with E-state index in [0.717, 1.165) is 6.08 Å². The Morgan fingerprint density at radius 3 is 2.53 bits per heavy atom. The van der Waals surface area contributed by atoms with Crippen molar-refractivity contribution in [3.63, 3.8) is 0 Å². The van der Waals surface area contributed by atoms with Crippen molar-refractivity contribution in [3.05, 3.63) is 10.4 Å². The van der Waals surface area contributed by atoms with Crippen molar-refractivity contribution in [2.45, 2.75) is 32.2 Å². The van der Waals surface area contributed by atoms with Gasteiger partial charge in [0, 0.05) is 6.08 Å². The summed E-state index contributed by atoms with van der Waals surface area (Å²) >= 11 is 5.39. The summed E-state index contributed by atoms with van der Waals surface area (Å²) in [5.41, 5.74) is 0. The molecule has 0 aliphatic carbocycles. The fraction of sp³-hybridized carbons (Fsp3) is 0.556. The van der Waals surface area contributed by atoms with E-state index < -0.39 is 32.3 Å². The fourth-order valence-electron chi connectivity index (χ4n) is 1.51. The van der Waals surface area contributed by atoms with Crippen LogP contribution in [-0.4, -0.2) is 35.7 Å². The normalized spacial score (nSPS) is 20.2. The van der Waals surface area contributed by atoms with E-state index in [-0.39, 0.29) is 6.42 Å². The molecule has 0 aromatic heterocycles. The molecule has 0 spiro atoms. The molecule has 0 saturated carbocycles. The fourth-order valence-corrected chi connectivity index (χ4v) is 3.08. The summed E-state index contributed by atoms with van der Waals surface area (Å²) in [4.78, 5) is 22.4. The molecule has 17 heavy (non-hydrogen) atoms. The van der Waals surface area contributed by atoms with Crippen molar-refractivity contribution in [1.82, 2.24) is 4.31 Å². The van der Waals surface area contributed by atoms with Crippen LogP contribution >= 0.6 is 11.6 Å². The van der Waals surface area contributed by atoms with Gasteiger partial charge < -0.3 is 5.11 Å². The topological polar surface area (TPSA) is 91.8 Å². The monoisotopic (exact) mass is 281 g/mol. The second kappa shape index (κ2) is 5.05. The number of unbranched alkanes of at least 4 members (excludes halogenated alkanes) is 1. The predicted octanol–water partition coefficient (Wildman–Crippen LogP) is 0.882. The molecule has 8 heteroatoms. The Labute approximate surface area is 104 Å². The Morgan fingerprint density at radius 1 is 1.59 bits per heavy atom. The van der Waals surface area contributed by atoms with Gasteiger partial charge in [0.25, 0.3) is 15.9 Å². The van der Waals surface area contributed by atoms with E-state index in [0.29, 0.717) is 17.1 Å². The van der Waals surface area contributed by atoms with Crippen LogP contribution in [0.15, 0.2) is 10.4 Å². The van der Waals surface area contributed by atoms with Crippen LogP contribution in [0.1, 0.15) is 26.2 Å². The van der Waals surface area contributed by atoms with Crippen molar-refractivity contribution in [2.75, 3.05) is 0 Å². The van der Waals surface area contributed by atoms with Gasteiger partial charge >= 0.3 is 5.97 Å². The van der Waals surface area contributed by atoms with Gasteiger partial charge in [-0.25, -0.2) is 9.10 Å². The van der Waals surface area contributed by atoms with Gasteiger partial charge in [0.05, 0.1) is 0 Å². The minimum Gasteiger partial charge on any atom is -0.480 e. The molecule has 1 rings (SSSR count). The summed E-state index contributed by atoms with van der Waals surface area (Å²) in [6.45, 7) is 1.84. The number of carboxylic acids is 1. The highest BCUT2D eigenvalue weighted by Gasteiger charge is 2.43. The minimum absolute atomic E-state index is 0.0782. The number of aliphatic carboxylic acids is 1. The molecular formula is C9H12ClNO5S. The van der Waals surface area contributed by atoms with E-state index in [1.165, 1.54) is 0 Å². The van der Waals surface area contributed by atoms with E-state index in [4.69, 9.17) is 16.7 Å². The molecule has 0 saturated heterocycles. The van der Waals surface area contributed by atoms with Crippen LogP contribution in [0.3, 0.4) is 0 Å². The highest BCUT2D eigenvalue weighted by molar-refractivity contribution is 7.95. The number of carbonyl (C=O) groups is 2. The number of carbonyl (C=O) groups excluding carboxylic acids is 1. The molecule has 0 aromatic rings. The molecule has 1 atom stereocenters. The zero-order chi connectivity index (χ0) is 13.2. The molecule has 0 radical (unpaired) electrons.